The Labute approximate surface area is 197 Å². The van der Waals surface area contributed by atoms with Gasteiger partial charge in [0, 0.05) is 39.1 Å². The van der Waals surface area contributed by atoms with Crippen LogP contribution in [0, 0.1) is 0 Å². The summed E-state index contributed by atoms with van der Waals surface area (Å²) < 4.78 is 27.8. The fourth-order valence-corrected chi connectivity index (χ4v) is 3.24. The molecule has 0 saturated carbocycles. The topological polar surface area (TPSA) is 144 Å². The SMILES string of the molecule is C=Cc1cn([C@@H]2O[C@H](C)[C@@H](OC(C)=O)[C@H]2OC(C)=O)c(=O)nc1NC(=O)OCCC(C)(C)OC. The molecule has 0 bridgehead atoms. The second-order valence-corrected chi connectivity index (χ2v) is 8.29. The Balaban J connectivity index is 2.26. The number of hydrogen-bond donors (Lipinski definition) is 1. The van der Waals surface area contributed by atoms with Crippen LogP contribution in [0.3, 0.4) is 0 Å². The van der Waals surface area contributed by atoms with E-state index < -0.39 is 53.9 Å². The van der Waals surface area contributed by atoms with E-state index in [9.17, 15) is 19.2 Å². The normalized spacial score (nSPS) is 22.1. The Bertz CT molecular complexity index is 988. The molecule has 1 aromatic heterocycles. The third kappa shape index (κ3) is 6.87. The molecular weight excluding hydrogens is 450 g/mol. The summed E-state index contributed by atoms with van der Waals surface area (Å²) in [5, 5.41) is 2.42. The molecule has 0 aliphatic carbocycles. The quantitative estimate of drug-likeness (QED) is 0.411. The third-order valence-corrected chi connectivity index (χ3v) is 5.21. The van der Waals surface area contributed by atoms with E-state index in [4.69, 9.17) is 23.7 Å². The van der Waals surface area contributed by atoms with E-state index in [1.807, 2.05) is 13.8 Å². The Morgan fingerprint density at radius 1 is 1.24 bits per heavy atom. The summed E-state index contributed by atoms with van der Waals surface area (Å²) in [4.78, 5) is 52.1. The van der Waals surface area contributed by atoms with Crippen molar-refractivity contribution in [2.45, 2.75) is 71.2 Å². The Hall–Kier alpha value is -3.25. The van der Waals surface area contributed by atoms with E-state index in [1.165, 1.54) is 26.1 Å². The smallest absolute Gasteiger partial charge is 0.412 e. The molecule has 2 heterocycles. The molecule has 1 aliphatic heterocycles. The molecule has 12 heteroatoms. The van der Waals surface area contributed by atoms with Gasteiger partial charge in [0.1, 0.15) is 5.82 Å². The van der Waals surface area contributed by atoms with Crippen molar-refractivity contribution in [1.29, 1.82) is 0 Å². The zero-order valence-corrected chi connectivity index (χ0v) is 20.2. The maximum Gasteiger partial charge on any atom is 0.412 e. The van der Waals surface area contributed by atoms with Crippen LogP contribution < -0.4 is 11.0 Å². The number of carbonyl (C=O) groups is 3. The average Bonchev–Trinajstić information content (AvgIpc) is 3.02. The number of amides is 1. The van der Waals surface area contributed by atoms with Crippen molar-refractivity contribution < 1.29 is 38.1 Å². The average molecular weight is 482 g/mol. The van der Waals surface area contributed by atoms with Crippen molar-refractivity contribution >= 4 is 29.9 Å². The number of esters is 2. The summed E-state index contributed by atoms with van der Waals surface area (Å²) in [6.45, 7) is 11.5. The van der Waals surface area contributed by atoms with Crippen molar-refractivity contribution in [3.63, 3.8) is 0 Å². The van der Waals surface area contributed by atoms with Crippen LogP contribution in [-0.2, 0) is 33.3 Å². The number of methoxy groups -OCH3 is 1. The van der Waals surface area contributed by atoms with Gasteiger partial charge in [0.2, 0.25) is 0 Å². The first-order chi connectivity index (χ1) is 15.9. The lowest BCUT2D eigenvalue weighted by Crippen LogP contribution is -2.40. The summed E-state index contributed by atoms with van der Waals surface area (Å²) in [7, 11) is 1.56. The van der Waals surface area contributed by atoms with Crippen LogP contribution in [0.2, 0.25) is 0 Å². The summed E-state index contributed by atoms with van der Waals surface area (Å²) in [5.41, 5.74) is -0.992. The number of hydrogen-bond acceptors (Lipinski definition) is 10. The number of aromatic nitrogens is 2. The van der Waals surface area contributed by atoms with Crippen molar-refractivity contribution in [3.05, 3.63) is 28.8 Å². The number of carbonyl (C=O) groups excluding carboxylic acids is 3. The largest absolute Gasteiger partial charge is 0.456 e. The van der Waals surface area contributed by atoms with Crippen LogP contribution >= 0.6 is 0 Å². The molecule has 1 N–H and O–H groups in total. The van der Waals surface area contributed by atoms with Gasteiger partial charge in [0.15, 0.2) is 18.4 Å². The molecule has 1 fully saturated rings. The lowest BCUT2D eigenvalue weighted by molar-refractivity contribution is -0.165. The van der Waals surface area contributed by atoms with Gasteiger partial charge in [-0.1, -0.05) is 12.7 Å². The van der Waals surface area contributed by atoms with Crippen molar-refractivity contribution in [2.24, 2.45) is 0 Å². The minimum atomic E-state index is -1.13. The number of anilines is 1. The molecule has 1 aliphatic rings. The van der Waals surface area contributed by atoms with Crippen LogP contribution in [0.25, 0.3) is 6.08 Å². The number of nitrogens with one attached hydrogen (secondary N) is 1. The van der Waals surface area contributed by atoms with Crippen LogP contribution in [0.1, 0.15) is 52.8 Å². The Morgan fingerprint density at radius 2 is 1.85 bits per heavy atom. The number of ether oxygens (including phenoxy) is 5. The predicted octanol–water partition coefficient (Wildman–Crippen LogP) is 2.03. The zero-order valence-electron chi connectivity index (χ0n) is 20.2. The van der Waals surface area contributed by atoms with Crippen LogP contribution in [0.4, 0.5) is 10.6 Å². The standard InChI is InChI=1S/C22H31N3O9/c1-8-15-11-25(19-17(34-14(4)27)16(12(2)32-19)33-13(3)26)20(28)23-18(15)24-21(29)31-10-9-22(5,6)30-7/h8,11-12,16-17,19H,1,9-10H2,2-7H3,(H,23,24,28,29)/t12-,16-,17-,19-/m1/s1. The molecule has 12 nitrogen and oxygen atoms in total. The first-order valence-electron chi connectivity index (χ1n) is 10.6. The highest BCUT2D eigenvalue weighted by atomic mass is 16.6. The Kier molecular flexibility index (Phi) is 8.93. The molecule has 2 rings (SSSR count). The molecule has 1 saturated heterocycles. The summed E-state index contributed by atoms with van der Waals surface area (Å²) in [6.07, 6.45) is -1.47. The predicted molar refractivity (Wildman–Crippen MR) is 120 cm³/mol. The highest BCUT2D eigenvalue weighted by molar-refractivity contribution is 5.85. The van der Waals surface area contributed by atoms with Gasteiger partial charge < -0.3 is 23.7 Å². The monoisotopic (exact) mass is 481 g/mol. The van der Waals surface area contributed by atoms with Crippen molar-refractivity contribution in [2.75, 3.05) is 19.0 Å². The maximum absolute atomic E-state index is 12.8. The second kappa shape index (κ2) is 11.3. The van der Waals surface area contributed by atoms with Crippen molar-refractivity contribution in [1.82, 2.24) is 9.55 Å². The van der Waals surface area contributed by atoms with Gasteiger partial charge in [-0.3, -0.25) is 19.5 Å². The molecule has 0 spiro atoms. The van der Waals surface area contributed by atoms with Crippen LogP contribution in [0.15, 0.2) is 17.6 Å². The van der Waals surface area contributed by atoms with Gasteiger partial charge in [-0.25, -0.2) is 9.59 Å². The zero-order chi connectivity index (χ0) is 25.6. The molecule has 1 aromatic rings. The lowest BCUT2D eigenvalue weighted by atomic mass is 10.1. The molecule has 188 valence electrons. The van der Waals surface area contributed by atoms with Gasteiger partial charge in [0.05, 0.1) is 18.3 Å². The highest BCUT2D eigenvalue weighted by Gasteiger charge is 2.48. The molecule has 0 aromatic carbocycles. The Morgan fingerprint density at radius 3 is 2.41 bits per heavy atom. The first-order valence-corrected chi connectivity index (χ1v) is 10.6. The molecule has 4 atom stereocenters. The van der Waals surface area contributed by atoms with Crippen LogP contribution in [0.5, 0.6) is 0 Å². The summed E-state index contributed by atoms with van der Waals surface area (Å²) in [6, 6.07) is 0. The van der Waals surface area contributed by atoms with E-state index in [0.29, 0.717) is 6.42 Å². The van der Waals surface area contributed by atoms with Crippen molar-refractivity contribution in [3.8, 4) is 0 Å². The highest BCUT2D eigenvalue weighted by Crippen LogP contribution is 2.33. The van der Waals surface area contributed by atoms with E-state index in [1.54, 1.807) is 14.0 Å². The van der Waals surface area contributed by atoms with E-state index in [-0.39, 0.29) is 18.0 Å². The molecular formula is C22H31N3O9. The fraction of sp³-hybridized carbons (Fsp3) is 0.591. The van der Waals surface area contributed by atoms with Gasteiger partial charge in [-0.15, -0.1) is 0 Å². The number of nitrogens with zero attached hydrogens (tertiary/aromatic N) is 2. The lowest BCUT2D eigenvalue weighted by Gasteiger charge is -2.24. The van der Waals surface area contributed by atoms with E-state index in [2.05, 4.69) is 16.9 Å². The molecule has 34 heavy (non-hydrogen) atoms. The summed E-state index contributed by atoms with van der Waals surface area (Å²) in [5.74, 6) is -1.31. The van der Waals surface area contributed by atoms with Gasteiger partial charge in [-0.05, 0) is 20.8 Å². The van der Waals surface area contributed by atoms with Gasteiger partial charge >= 0.3 is 23.7 Å². The van der Waals surface area contributed by atoms with Gasteiger partial charge in [-0.2, -0.15) is 4.98 Å². The molecule has 1 amide bonds. The third-order valence-electron chi connectivity index (χ3n) is 5.21. The van der Waals surface area contributed by atoms with E-state index in [0.717, 1.165) is 4.57 Å². The first kappa shape index (κ1) is 27.0. The minimum Gasteiger partial charge on any atom is -0.456 e. The van der Waals surface area contributed by atoms with E-state index >= 15 is 0 Å². The second-order valence-electron chi connectivity index (χ2n) is 8.29. The molecule has 0 unspecified atom stereocenters. The maximum atomic E-state index is 12.8. The van der Waals surface area contributed by atoms with Crippen LogP contribution in [-0.4, -0.2) is 65.2 Å². The van der Waals surface area contributed by atoms with Gasteiger partial charge in [0.25, 0.3) is 0 Å². The minimum absolute atomic E-state index is 0.0705. The molecule has 0 radical (unpaired) electrons. The fourth-order valence-electron chi connectivity index (χ4n) is 3.24. The number of rotatable bonds is 9. The summed E-state index contributed by atoms with van der Waals surface area (Å²) >= 11 is 0.